The van der Waals surface area contributed by atoms with E-state index < -0.39 is 0 Å². The van der Waals surface area contributed by atoms with Crippen molar-refractivity contribution in [3.05, 3.63) is 35.5 Å². The number of carbonyl (C=O) groups excluding carboxylic acids is 1. The van der Waals surface area contributed by atoms with Gasteiger partial charge in [0.15, 0.2) is 6.19 Å². The summed E-state index contributed by atoms with van der Waals surface area (Å²) in [6, 6.07) is 7.37. The first-order chi connectivity index (χ1) is 10.7. The Bertz CT molecular complexity index is 716. The van der Waals surface area contributed by atoms with Gasteiger partial charge in [-0.15, -0.1) is 0 Å². The maximum atomic E-state index is 12.4. The van der Waals surface area contributed by atoms with Crippen LogP contribution in [0, 0.1) is 17.4 Å². The van der Waals surface area contributed by atoms with Crippen molar-refractivity contribution in [1.82, 2.24) is 10.3 Å². The Morgan fingerprint density at radius 2 is 2.23 bits per heavy atom. The van der Waals surface area contributed by atoms with Gasteiger partial charge in [0.25, 0.3) is 0 Å². The summed E-state index contributed by atoms with van der Waals surface area (Å²) in [6.45, 7) is 1.43. The van der Waals surface area contributed by atoms with Gasteiger partial charge in [-0.3, -0.25) is 4.79 Å². The normalized spacial score (nSPS) is 17.2. The van der Waals surface area contributed by atoms with Crippen molar-refractivity contribution in [2.45, 2.75) is 6.42 Å². The lowest BCUT2D eigenvalue weighted by Crippen LogP contribution is -2.33. The molecule has 1 fully saturated rings. The van der Waals surface area contributed by atoms with Crippen LogP contribution in [0.5, 0.6) is 0 Å². The van der Waals surface area contributed by atoms with Crippen molar-refractivity contribution in [1.29, 1.82) is 5.26 Å². The molecule has 112 valence electrons. The molecule has 1 amide bonds. The van der Waals surface area contributed by atoms with E-state index in [1.807, 2.05) is 18.3 Å². The van der Waals surface area contributed by atoms with E-state index in [1.165, 1.54) is 11.3 Å². The maximum Gasteiger partial charge on any atom is 0.246 e. The van der Waals surface area contributed by atoms with Crippen molar-refractivity contribution >= 4 is 34.0 Å². The van der Waals surface area contributed by atoms with Crippen LogP contribution < -0.4 is 10.2 Å². The van der Waals surface area contributed by atoms with Crippen LogP contribution in [-0.4, -0.2) is 24.0 Å². The first kappa shape index (κ1) is 15.0. The summed E-state index contributed by atoms with van der Waals surface area (Å²) in [5.41, 5.74) is 0.959. The molecular formula is C15H13ClN4OS. The lowest BCUT2D eigenvalue weighted by molar-refractivity contribution is -0.121. The van der Waals surface area contributed by atoms with Crippen LogP contribution in [0.4, 0.5) is 5.13 Å². The summed E-state index contributed by atoms with van der Waals surface area (Å²) >= 11 is 7.20. The average molecular weight is 333 g/mol. The number of amides is 1. The van der Waals surface area contributed by atoms with E-state index in [9.17, 15) is 10.1 Å². The smallest absolute Gasteiger partial charge is 0.246 e. The van der Waals surface area contributed by atoms with Crippen molar-refractivity contribution in [2.24, 2.45) is 5.92 Å². The van der Waals surface area contributed by atoms with Crippen LogP contribution >= 0.6 is 22.9 Å². The number of nitrogens with one attached hydrogen (secondary N) is 1. The molecule has 1 aliphatic heterocycles. The van der Waals surface area contributed by atoms with E-state index in [2.05, 4.69) is 10.3 Å². The Balaban J connectivity index is 1.83. The molecule has 1 aliphatic rings. The molecule has 1 atom stereocenters. The lowest BCUT2D eigenvalue weighted by Gasteiger charge is -2.14. The largest absolute Gasteiger partial charge is 0.316 e. The number of halogens is 1. The molecule has 1 aromatic heterocycles. The Kier molecular flexibility index (Phi) is 4.39. The zero-order chi connectivity index (χ0) is 15.5. The summed E-state index contributed by atoms with van der Waals surface area (Å²) in [6.07, 6.45) is 4.38. The van der Waals surface area contributed by atoms with Gasteiger partial charge in [-0.1, -0.05) is 35.1 Å². The Morgan fingerprint density at radius 1 is 1.45 bits per heavy atom. The second kappa shape index (κ2) is 6.44. The Hall–Kier alpha value is -1.94. The molecule has 1 unspecified atom stereocenters. The molecular weight excluding hydrogens is 320 g/mol. The summed E-state index contributed by atoms with van der Waals surface area (Å²) in [7, 11) is 0. The fourth-order valence-corrected chi connectivity index (χ4v) is 3.36. The lowest BCUT2D eigenvalue weighted by atomic mass is 10.1. The molecule has 22 heavy (non-hydrogen) atoms. The van der Waals surface area contributed by atoms with Gasteiger partial charge in [-0.2, -0.15) is 10.2 Å². The second-order valence-corrected chi connectivity index (χ2v) is 6.42. The van der Waals surface area contributed by atoms with Crippen LogP contribution in [0.3, 0.4) is 0 Å². The summed E-state index contributed by atoms with van der Waals surface area (Å²) < 4.78 is 0. The van der Waals surface area contributed by atoms with Gasteiger partial charge >= 0.3 is 0 Å². The minimum absolute atomic E-state index is 0.150. The van der Waals surface area contributed by atoms with E-state index in [-0.39, 0.29) is 11.8 Å². The van der Waals surface area contributed by atoms with Crippen LogP contribution in [0.1, 0.15) is 6.42 Å². The molecule has 1 N–H and O–H groups in total. The molecule has 1 aromatic carbocycles. The molecule has 0 spiro atoms. The molecule has 0 aliphatic carbocycles. The maximum absolute atomic E-state index is 12.4. The number of nitrogens with zero attached hydrogens (tertiary/aromatic N) is 3. The number of hydrogen-bond acceptors (Lipinski definition) is 5. The number of hydrogen-bond donors (Lipinski definition) is 1. The van der Waals surface area contributed by atoms with Gasteiger partial charge in [0, 0.05) is 17.8 Å². The summed E-state index contributed by atoms with van der Waals surface area (Å²) in [4.78, 5) is 18.6. The molecule has 0 radical (unpaired) electrons. The first-order valence-electron chi connectivity index (χ1n) is 6.85. The predicted molar refractivity (Wildman–Crippen MR) is 86.6 cm³/mol. The third-order valence-electron chi connectivity index (χ3n) is 3.54. The van der Waals surface area contributed by atoms with Crippen LogP contribution in [0.15, 0.2) is 30.5 Å². The van der Waals surface area contributed by atoms with E-state index >= 15 is 0 Å². The molecule has 5 nitrogen and oxygen atoms in total. The van der Waals surface area contributed by atoms with Gasteiger partial charge in [0.1, 0.15) is 0 Å². The minimum atomic E-state index is -0.190. The van der Waals surface area contributed by atoms with Crippen LogP contribution in [-0.2, 0) is 4.79 Å². The third kappa shape index (κ3) is 2.97. The predicted octanol–water partition coefficient (Wildman–Crippen LogP) is 2.89. The molecule has 2 heterocycles. The van der Waals surface area contributed by atoms with Gasteiger partial charge in [-0.25, -0.2) is 4.98 Å². The zero-order valence-corrected chi connectivity index (χ0v) is 13.2. The molecule has 0 bridgehead atoms. The van der Waals surface area contributed by atoms with Crippen molar-refractivity contribution in [3.63, 3.8) is 0 Å². The van der Waals surface area contributed by atoms with Crippen molar-refractivity contribution in [2.75, 3.05) is 18.0 Å². The highest BCUT2D eigenvalue weighted by molar-refractivity contribution is 7.19. The Morgan fingerprint density at radius 3 is 2.86 bits per heavy atom. The highest BCUT2D eigenvalue weighted by atomic mass is 35.5. The number of anilines is 1. The first-order valence-corrected chi connectivity index (χ1v) is 8.04. The second-order valence-electron chi connectivity index (χ2n) is 4.98. The van der Waals surface area contributed by atoms with E-state index in [0.29, 0.717) is 16.7 Å². The summed E-state index contributed by atoms with van der Waals surface area (Å²) in [5.74, 6) is -0.341. The zero-order valence-electron chi connectivity index (χ0n) is 11.6. The van der Waals surface area contributed by atoms with Gasteiger partial charge in [-0.05, 0) is 30.7 Å². The van der Waals surface area contributed by atoms with Crippen molar-refractivity contribution < 1.29 is 4.79 Å². The average Bonchev–Trinajstić information content (AvgIpc) is 3.20. The minimum Gasteiger partial charge on any atom is -0.316 e. The van der Waals surface area contributed by atoms with E-state index in [0.717, 1.165) is 28.3 Å². The standard InChI is InChI=1S/C15H13ClN4OS/c16-12-3-1-10(2-4-12)13-8-19-15(22-13)20(9-17)14(21)11-5-6-18-7-11/h1-4,8,11,18H,5-7H2. The molecule has 2 aromatic rings. The molecule has 7 heteroatoms. The van der Waals surface area contributed by atoms with Gasteiger partial charge in [0.2, 0.25) is 11.0 Å². The van der Waals surface area contributed by atoms with Crippen LogP contribution in [0.2, 0.25) is 5.02 Å². The van der Waals surface area contributed by atoms with Gasteiger partial charge in [0.05, 0.1) is 10.8 Å². The van der Waals surface area contributed by atoms with Crippen LogP contribution in [0.25, 0.3) is 10.4 Å². The van der Waals surface area contributed by atoms with E-state index in [4.69, 9.17) is 11.6 Å². The highest BCUT2D eigenvalue weighted by Gasteiger charge is 2.29. The Labute approximate surface area is 137 Å². The number of thiazole rings is 1. The van der Waals surface area contributed by atoms with E-state index in [1.54, 1.807) is 18.3 Å². The topological polar surface area (TPSA) is 69.0 Å². The summed E-state index contributed by atoms with van der Waals surface area (Å²) in [5, 5.41) is 13.5. The third-order valence-corrected chi connectivity index (χ3v) is 4.83. The number of rotatable bonds is 3. The molecule has 3 rings (SSSR count). The highest BCUT2D eigenvalue weighted by Crippen LogP contribution is 2.32. The fraction of sp³-hybridized carbons (Fsp3) is 0.267. The van der Waals surface area contributed by atoms with Crippen molar-refractivity contribution in [3.8, 4) is 16.6 Å². The number of carbonyl (C=O) groups is 1. The number of benzene rings is 1. The fourth-order valence-electron chi connectivity index (χ4n) is 2.35. The quantitative estimate of drug-likeness (QED) is 0.693. The molecule has 0 saturated carbocycles. The monoisotopic (exact) mass is 332 g/mol. The van der Waals surface area contributed by atoms with Gasteiger partial charge < -0.3 is 5.32 Å². The SMILES string of the molecule is N#CN(C(=O)C1CCNC1)c1ncc(-c2ccc(Cl)cc2)s1. The number of aromatic nitrogens is 1. The molecule has 1 saturated heterocycles. The number of nitriles is 1.